The predicted octanol–water partition coefficient (Wildman–Crippen LogP) is -0.860. The molecule has 0 saturated heterocycles. The summed E-state index contributed by atoms with van der Waals surface area (Å²) in [7, 11) is 1.48. The summed E-state index contributed by atoms with van der Waals surface area (Å²) in [5.74, 6) is 0. The van der Waals surface area contributed by atoms with E-state index in [1.165, 1.54) is 21.0 Å². The van der Waals surface area contributed by atoms with E-state index in [-0.39, 0.29) is 13.2 Å². The highest BCUT2D eigenvalue weighted by atomic mass is 16.5. The van der Waals surface area contributed by atoms with Crippen molar-refractivity contribution in [1.82, 2.24) is 0 Å². The predicted molar refractivity (Wildman–Crippen MR) is 51.0 cm³/mol. The SMILES string of the molecule is COCC(O)COC([C@H](C)O)[C@@H](C)O. The van der Waals surface area contributed by atoms with E-state index in [1.807, 2.05) is 0 Å². The second kappa shape index (κ2) is 7.14. The molecule has 14 heavy (non-hydrogen) atoms. The Balaban J connectivity index is 3.82. The molecule has 0 bridgehead atoms. The molecule has 0 radical (unpaired) electrons. The van der Waals surface area contributed by atoms with Crippen molar-refractivity contribution >= 4 is 0 Å². The van der Waals surface area contributed by atoms with Crippen molar-refractivity contribution < 1.29 is 24.8 Å². The van der Waals surface area contributed by atoms with E-state index in [0.29, 0.717) is 0 Å². The average molecular weight is 208 g/mol. The molecule has 0 amide bonds. The van der Waals surface area contributed by atoms with Crippen LogP contribution in [0.4, 0.5) is 0 Å². The number of ether oxygens (including phenoxy) is 2. The Labute approximate surface area is 84.3 Å². The van der Waals surface area contributed by atoms with E-state index in [0.717, 1.165) is 0 Å². The number of rotatable bonds is 7. The van der Waals surface area contributed by atoms with Gasteiger partial charge < -0.3 is 24.8 Å². The molecule has 86 valence electrons. The lowest BCUT2D eigenvalue weighted by Crippen LogP contribution is -2.38. The van der Waals surface area contributed by atoms with Crippen LogP contribution in [0, 0.1) is 0 Å². The molecular weight excluding hydrogens is 188 g/mol. The zero-order valence-corrected chi connectivity index (χ0v) is 8.88. The van der Waals surface area contributed by atoms with Crippen LogP contribution in [-0.2, 0) is 9.47 Å². The van der Waals surface area contributed by atoms with E-state index in [9.17, 15) is 15.3 Å². The molecule has 2 unspecified atom stereocenters. The fourth-order valence-corrected chi connectivity index (χ4v) is 1.14. The van der Waals surface area contributed by atoms with Crippen molar-refractivity contribution in [2.75, 3.05) is 20.3 Å². The molecule has 3 N–H and O–H groups in total. The fraction of sp³-hybridized carbons (Fsp3) is 1.00. The third-order valence-electron chi connectivity index (χ3n) is 1.79. The molecule has 0 spiro atoms. The lowest BCUT2D eigenvalue weighted by Gasteiger charge is -2.24. The Morgan fingerprint density at radius 2 is 1.50 bits per heavy atom. The highest BCUT2D eigenvalue weighted by Gasteiger charge is 2.22. The van der Waals surface area contributed by atoms with Crippen LogP contribution in [0.5, 0.6) is 0 Å². The van der Waals surface area contributed by atoms with E-state index in [1.54, 1.807) is 0 Å². The number of aliphatic hydroxyl groups is 3. The molecule has 0 aliphatic heterocycles. The van der Waals surface area contributed by atoms with Gasteiger partial charge in [-0.3, -0.25) is 0 Å². The van der Waals surface area contributed by atoms with Gasteiger partial charge in [0.05, 0.1) is 25.4 Å². The summed E-state index contributed by atoms with van der Waals surface area (Å²) in [6.45, 7) is 3.26. The zero-order chi connectivity index (χ0) is 11.1. The maximum atomic E-state index is 9.25. The maximum Gasteiger partial charge on any atom is 0.109 e. The van der Waals surface area contributed by atoms with Crippen LogP contribution < -0.4 is 0 Å². The van der Waals surface area contributed by atoms with Crippen molar-refractivity contribution in [3.05, 3.63) is 0 Å². The topological polar surface area (TPSA) is 79.2 Å². The fourth-order valence-electron chi connectivity index (χ4n) is 1.14. The van der Waals surface area contributed by atoms with Gasteiger partial charge in [0.25, 0.3) is 0 Å². The molecule has 0 heterocycles. The summed E-state index contributed by atoms with van der Waals surface area (Å²) in [4.78, 5) is 0. The number of hydrogen-bond acceptors (Lipinski definition) is 5. The lowest BCUT2D eigenvalue weighted by atomic mass is 10.1. The van der Waals surface area contributed by atoms with Gasteiger partial charge in [-0.1, -0.05) is 0 Å². The monoisotopic (exact) mass is 208 g/mol. The molecule has 0 aliphatic rings. The first kappa shape index (κ1) is 13.8. The number of hydrogen-bond donors (Lipinski definition) is 3. The minimum atomic E-state index is -0.773. The lowest BCUT2D eigenvalue weighted by molar-refractivity contribution is -0.114. The van der Waals surface area contributed by atoms with Crippen LogP contribution in [0.2, 0.25) is 0 Å². The Bertz CT molecular complexity index is 129. The molecule has 0 fully saturated rings. The molecule has 5 heteroatoms. The van der Waals surface area contributed by atoms with Crippen molar-refractivity contribution in [2.45, 2.75) is 38.3 Å². The van der Waals surface area contributed by atoms with Gasteiger partial charge in [-0.15, -0.1) is 0 Å². The normalized spacial score (nSPS) is 20.1. The molecule has 0 rings (SSSR count). The standard InChI is InChI=1S/C9H20O5/c1-6(10)9(7(2)11)14-5-8(12)4-13-3/h6-12H,4-5H2,1-3H3/t6-,7+,8?,9?. The third-order valence-corrected chi connectivity index (χ3v) is 1.79. The second-order valence-electron chi connectivity index (χ2n) is 3.39. The van der Waals surface area contributed by atoms with Gasteiger partial charge in [-0.05, 0) is 13.8 Å². The van der Waals surface area contributed by atoms with Gasteiger partial charge in [0.2, 0.25) is 0 Å². The van der Waals surface area contributed by atoms with Crippen LogP contribution in [-0.4, -0.2) is 60.1 Å². The first-order valence-corrected chi connectivity index (χ1v) is 4.63. The van der Waals surface area contributed by atoms with Crippen LogP contribution in [0.15, 0.2) is 0 Å². The first-order valence-electron chi connectivity index (χ1n) is 4.63. The third kappa shape index (κ3) is 5.51. The van der Waals surface area contributed by atoms with Crippen LogP contribution in [0.1, 0.15) is 13.8 Å². The van der Waals surface area contributed by atoms with Crippen molar-refractivity contribution in [3.63, 3.8) is 0 Å². The Morgan fingerprint density at radius 1 is 1.00 bits per heavy atom. The smallest absolute Gasteiger partial charge is 0.109 e. The number of methoxy groups -OCH3 is 1. The summed E-state index contributed by atoms with van der Waals surface area (Å²) in [6.07, 6.45) is -2.96. The van der Waals surface area contributed by atoms with E-state index >= 15 is 0 Å². The minimum Gasteiger partial charge on any atom is -0.391 e. The molecule has 0 aromatic heterocycles. The van der Waals surface area contributed by atoms with Gasteiger partial charge in [-0.25, -0.2) is 0 Å². The van der Waals surface area contributed by atoms with E-state index < -0.39 is 24.4 Å². The van der Waals surface area contributed by atoms with E-state index in [2.05, 4.69) is 0 Å². The van der Waals surface area contributed by atoms with E-state index in [4.69, 9.17) is 9.47 Å². The summed E-state index contributed by atoms with van der Waals surface area (Å²) in [5, 5.41) is 27.7. The van der Waals surface area contributed by atoms with Crippen LogP contribution in [0.3, 0.4) is 0 Å². The molecule has 5 nitrogen and oxygen atoms in total. The maximum absolute atomic E-state index is 9.25. The number of aliphatic hydroxyl groups excluding tert-OH is 3. The molecule has 0 aromatic rings. The highest BCUT2D eigenvalue weighted by Crippen LogP contribution is 2.05. The Kier molecular flexibility index (Phi) is 7.04. The van der Waals surface area contributed by atoms with Crippen LogP contribution in [0.25, 0.3) is 0 Å². The van der Waals surface area contributed by atoms with Gasteiger partial charge in [-0.2, -0.15) is 0 Å². The molecule has 0 aromatic carbocycles. The van der Waals surface area contributed by atoms with Crippen molar-refractivity contribution in [1.29, 1.82) is 0 Å². The van der Waals surface area contributed by atoms with Gasteiger partial charge in [0, 0.05) is 7.11 Å². The summed E-state index contributed by atoms with van der Waals surface area (Å²) in [5.41, 5.74) is 0. The summed E-state index contributed by atoms with van der Waals surface area (Å²) >= 11 is 0. The summed E-state index contributed by atoms with van der Waals surface area (Å²) < 4.78 is 9.85. The second-order valence-corrected chi connectivity index (χ2v) is 3.39. The van der Waals surface area contributed by atoms with Crippen LogP contribution >= 0.6 is 0 Å². The summed E-state index contributed by atoms with van der Waals surface area (Å²) in [6, 6.07) is 0. The first-order chi connectivity index (χ1) is 6.49. The quantitative estimate of drug-likeness (QED) is 0.507. The molecular formula is C9H20O5. The van der Waals surface area contributed by atoms with Crippen molar-refractivity contribution in [3.8, 4) is 0 Å². The largest absolute Gasteiger partial charge is 0.391 e. The van der Waals surface area contributed by atoms with Gasteiger partial charge in [0.1, 0.15) is 12.2 Å². The minimum absolute atomic E-state index is 0.0360. The molecule has 0 saturated carbocycles. The van der Waals surface area contributed by atoms with Gasteiger partial charge >= 0.3 is 0 Å². The average Bonchev–Trinajstić information content (AvgIpc) is 2.03. The molecule has 0 aliphatic carbocycles. The van der Waals surface area contributed by atoms with Gasteiger partial charge in [0.15, 0.2) is 0 Å². The zero-order valence-electron chi connectivity index (χ0n) is 8.88. The molecule has 4 atom stereocenters. The van der Waals surface area contributed by atoms with Crippen molar-refractivity contribution in [2.24, 2.45) is 0 Å². The Morgan fingerprint density at radius 3 is 1.86 bits per heavy atom. The Hall–Kier alpha value is -0.200. The highest BCUT2D eigenvalue weighted by molar-refractivity contribution is 4.71.